The number of nitrogens with one attached hydrogen (secondary N) is 2. The van der Waals surface area contributed by atoms with Gasteiger partial charge in [0.15, 0.2) is 0 Å². The highest BCUT2D eigenvalue weighted by Crippen LogP contribution is 2.25. The molecule has 0 unspecified atom stereocenters. The minimum atomic E-state index is -0.392. The Bertz CT molecular complexity index is 528. The van der Waals surface area contributed by atoms with Crippen molar-refractivity contribution in [3.63, 3.8) is 0 Å². The standard InChI is InChI=1S/C15H21N3O2S/c1-10-12(16)7-4-8-13(10)21-9-14(19)18-15(20)17-11-5-2-3-6-11/h4,7-8,11H,2-3,5-6,9,16H2,1H3,(H2,17,18,19,20). The summed E-state index contributed by atoms with van der Waals surface area (Å²) in [6.45, 7) is 1.92. The van der Waals surface area contributed by atoms with Crippen LogP contribution in [-0.4, -0.2) is 23.7 Å². The van der Waals surface area contributed by atoms with Crippen LogP contribution in [0.4, 0.5) is 10.5 Å². The molecule has 0 radical (unpaired) electrons. The number of hydrogen-bond acceptors (Lipinski definition) is 4. The molecule has 114 valence electrons. The maximum atomic E-state index is 11.8. The molecule has 0 atom stereocenters. The molecular weight excluding hydrogens is 286 g/mol. The molecule has 0 aromatic heterocycles. The van der Waals surface area contributed by atoms with Gasteiger partial charge in [-0.3, -0.25) is 10.1 Å². The molecule has 1 aliphatic rings. The Morgan fingerprint density at radius 2 is 2.05 bits per heavy atom. The lowest BCUT2D eigenvalue weighted by Gasteiger charge is -2.12. The molecule has 0 saturated heterocycles. The van der Waals surface area contributed by atoms with Gasteiger partial charge in [-0.2, -0.15) is 0 Å². The van der Waals surface area contributed by atoms with Crippen LogP contribution in [0.2, 0.25) is 0 Å². The second kappa shape index (κ2) is 7.36. The molecule has 0 heterocycles. The van der Waals surface area contributed by atoms with E-state index in [-0.39, 0.29) is 17.7 Å². The van der Waals surface area contributed by atoms with E-state index in [0.29, 0.717) is 5.69 Å². The fourth-order valence-corrected chi connectivity index (χ4v) is 3.25. The van der Waals surface area contributed by atoms with E-state index in [4.69, 9.17) is 5.73 Å². The van der Waals surface area contributed by atoms with E-state index in [1.807, 2.05) is 25.1 Å². The molecule has 1 saturated carbocycles. The average Bonchev–Trinajstić information content (AvgIpc) is 2.93. The monoisotopic (exact) mass is 307 g/mol. The number of anilines is 1. The second-order valence-electron chi connectivity index (χ2n) is 5.26. The molecule has 1 aromatic rings. The zero-order chi connectivity index (χ0) is 15.2. The van der Waals surface area contributed by atoms with Gasteiger partial charge >= 0.3 is 6.03 Å². The summed E-state index contributed by atoms with van der Waals surface area (Å²) in [5, 5.41) is 5.20. The van der Waals surface area contributed by atoms with Crippen LogP contribution < -0.4 is 16.4 Å². The van der Waals surface area contributed by atoms with E-state index >= 15 is 0 Å². The number of nitrogen functional groups attached to an aromatic ring is 1. The highest BCUT2D eigenvalue weighted by atomic mass is 32.2. The fourth-order valence-electron chi connectivity index (χ4n) is 2.39. The van der Waals surface area contributed by atoms with Crippen molar-refractivity contribution in [2.75, 3.05) is 11.5 Å². The van der Waals surface area contributed by atoms with E-state index < -0.39 is 6.03 Å². The minimum absolute atomic E-state index is 0.197. The van der Waals surface area contributed by atoms with Crippen molar-refractivity contribution in [1.82, 2.24) is 10.6 Å². The van der Waals surface area contributed by atoms with Gasteiger partial charge in [0.05, 0.1) is 5.75 Å². The smallest absolute Gasteiger partial charge is 0.321 e. The van der Waals surface area contributed by atoms with Crippen LogP contribution in [0.3, 0.4) is 0 Å². The molecular formula is C15H21N3O2S. The molecule has 5 nitrogen and oxygen atoms in total. The fraction of sp³-hybridized carbons (Fsp3) is 0.467. The second-order valence-corrected chi connectivity index (χ2v) is 6.28. The summed E-state index contributed by atoms with van der Waals surface area (Å²) in [6.07, 6.45) is 4.28. The van der Waals surface area contributed by atoms with Crippen LogP contribution >= 0.6 is 11.8 Å². The third kappa shape index (κ3) is 4.67. The van der Waals surface area contributed by atoms with Crippen LogP contribution in [0.25, 0.3) is 0 Å². The predicted octanol–water partition coefficient (Wildman–Crippen LogP) is 2.44. The van der Waals surface area contributed by atoms with E-state index in [1.54, 1.807) is 0 Å². The highest BCUT2D eigenvalue weighted by molar-refractivity contribution is 8.00. The number of benzene rings is 1. The number of rotatable bonds is 4. The summed E-state index contributed by atoms with van der Waals surface area (Å²) in [4.78, 5) is 24.4. The third-order valence-electron chi connectivity index (χ3n) is 3.63. The van der Waals surface area contributed by atoms with Crippen LogP contribution in [-0.2, 0) is 4.79 Å². The van der Waals surface area contributed by atoms with Crippen molar-refractivity contribution in [3.8, 4) is 0 Å². The predicted molar refractivity (Wildman–Crippen MR) is 85.2 cm³/mol. The molecule has 4 N–H and O–H groups in total. The number of thioether (sulfide) groups is 1. The Morgan fingerprint density at radius 1 is 1.33 bits per heavy atom. The average molecular weight is 307 g/mol. The Kier molecular flexibility index (Phi) is 5.50. The zero-order valence-corrected chi connectivity index (χ0v) is 13.0. The number of carbonyl (C=O) groups excluding carboxylic acids is 2. The summed E-state index contributed by atoms with van der Waals surface area (Å²) < 4.78 is 0. The summed E-state index contributed by atoms with van der Waals surface area (Å²) in [6, 6.07) is 5.42. The Labute approximate surface area is 129 Å². The number of urea groups is 1. The molecule has 21 heavy (non-hydrogen) atoms. The van der Waals surface area contributed by atoms with Crippen LogP contribution in [0.15, 0.2) is 23.1 Å². The first-order valence-electron chi connectivity index (χ1n) is 7.14. The first-order chi connectivity index (χ1) is 10.1. The Balaban J connectivity index is 1.76. The van der Waals surface area contributed by atoms with Gasteiger partial charge in [-0.15, -0.1) is 11.8 Å². The summed E-state index contributed by atoms with van der Waals surface area (Å²) in [5.74, 6) is -0.0973. The van der Waals surface area contributed by atoms with Crippen LogP contribution in [0.1, 0.15) is 31.2 Å². The quantitative estimate of drug-likeness (QED) is 0.589. The lowest BCUT2D eigenvalue weighted by molar-refractivity contribution is -0.117. The first kappa shape index (κ1) is 15.7. The molecule has 0 spiro atoms. The third-order valence-corrected chi connectivity index (χ3v) is 4.79. The summed E-state index contributed by atoms with van der Waals surface area (Å²) in [5.41, 5.74) is 7.49. The number of hydrogen-bond donors (Lipinski definition) is 3. The lowest BCUT2D eigenvalue weighted by Crippen LogP contribution is -2.44. The number of imide groups is 1. The van der Waals surface area contributed by atoms with Crippen LogP contribution in [0.5, 0.6) is 0 Å². The number of amides is 3. The normalized spacial score (nSPS) is 14.9. The van der Waals surface area contributed by atoms with Gasteiger partial charge in [-0.05, 0) is 37.5 Å². The van der Waals surface area contributed by atoms with Gasteiger partial charge in [0.25, 0.3) is 0 Å². The minimum Gasteiger partial charge on any atom is -0.398 e. The lowest BCUT2D eigenvalue weighted by atomic mass is 10.2. The van der Waals surface area contributed by atoms with Crippen LogP contribution in [0, 0.1) is 6.92 Å². The van der Waals surface area contributed by atoms with Gasteiger partial charge in [0.1, 0.15) is 0 Å². The molecule has 2 rings (SSSR count). The van der Waals surface area contributed by atoms with E-state index in [0.717, 1.165) is 36.1 Å². The first-order valence-corrected chi connectivity index (χ1v) is 8.13. The van der Waals surface area contributed by atoms with Crippen molar-refractivity contribution in [1.29, 1.82) is 0 Å². The maximum absolute atomic E-state index is 11.8. The van der Waals surface area contributed by atoms with Gasteiger partial charge in [-0.1, -0.05) is 18.9 Å². The molecule has 6 heteroatoms. The van der Waals surface area contributed by atoms with Gasteiger partial charge < -0.3 is 11.1 Å². The summed E-state index contributed by atoms with van der Waals surface area (Å²) in [7, 11) is 0. The Morgan fingerprint density at radius 3 is 2.76 bits per heavy atom. The largest absolute Gasteiger partial charge is 0.398 e. The van der Waals surface area contributed by atoms with Gasteiger partial charge in [0, 0.05) is 16.6 Å². The van der Waals surface area contributed by atoms with Crippen molar-refractivity contribution in [3.05, 3.63) is 23.8 Å². The van der Waals surface area contributed by atoms with Crippen molar-refractivity contribution < 1.29 is 9.59 Å². The Hall–Kier alpha value is -1.69. The molecule has 1 fully saturated rings. The van der Waals surface area contributed by atoms with Crippen molar-refractivity contribution in [2.45, 2.75) is 43.5 Å². The van der Waals surface area contributed by atoms with E-state index in [9.17, 15) is 9.59 Å². The number of carbonyl (C=O) groups is 2. The van der Waals surface area contributed by atoms with Gasteiger partial charge in [0.2, 0.25) is 5.91 Å². The van der Waals surface area contributed by atoms with E-state index in [2.05, 4.69) is 10.6 Å². The highest BCUT2D eigenvalue weighted by Gasteiger charge is 2.18. The summed E-state index contributed by atoms with van der Waals surface area (Å²) >= 11 is 1.38. The maximum Gasteiger partial charge on any atom is 0.321 e. The zero-order valence-electron chi connectivity index (χ0n) is 12.1. The molecule has 0 bridgehead atoms. The van der Waals surface area contributed by atoms with Gasteiger partial charge in [-0.25, -0.2) is 4.79 Å². The van der Waals surface area contributed by atoms with Crippen molar-refractivity contribution in [2.24, 2.45) is 0 Å². The topological polar surface area (TPSA) is 84.2 Å². The SMILES string of the molecule is Cc1c(N)cccc1SCC(=O)NC(=O)NC1CCCC1. The van der Waals surface area contributed by atoms with Crippen molar-refractivity contribution >= 4 is 29.4 Å². The molecule has 0 aliphatic heterocycles. The molecule has 3 amide bonds. The molecule has 1 aliphatic carbocycles. The molecule has 1 aromatic carbocycles. The number of nitrogens with two attached hydrogens (primary N) is 1. The van der Waals surface area contributed by atoms with E-state index in [1.165, 1.54) is 11.8 Å².